The molecule has 4 rings (SSSR count). The van der Waals surface area contributed by atoms with Crippen molar-refractivity contribution in [1.29, 1.82) is 0 Å². The molecule has 0 aliphatic carbocycles. The maximum Gasteiger partial charge on any atom is 0.273 e. The fourth-order valence-electron chi connectivity index (χ4n) is 5.18. The lowest BCUT2D eigenvalue weighted by Crippen LogP contribution is -2.54. The molecular formula is C36H39ClN4O7S. The molecule has 0 saturated heterocycles. The summed E-state index contributed by atoms with van der Waals surface area (Å²) in [6.07, 6.45) is 0.799. The minimum atomic E-state index is -4.56. The lowest BCUT2D eigenvalue weighted by Gasteiger charge is -2.34. The minimum absolute atomic E-state index is 0.0582. The highest BCUT2D eigenvalue weighted by Gasteiger charge is 2.35. The van der Waals surface area contributed by atoms with Gasteiger partial charge in [0.2, 0.25) is 11.8 Å². The summed E-state index contributed by atoms with van der Waals surface area (Å²) in [5.74, 6) is -0.631. The van der Waals surface area contributed by atoms with Gasteiger partial charge in [0, 0.05) is 35.7 Å². The molecule has 0 unspecified atom stereocenters. The normalized spacial score (nSPS) is 12.4. The molecule has 2 atom stereocenters. The molecule has 258 valence electrons. The average molecular weight is 707 g/mol. The molecule has 0 heterocycles. The van der Waals surface area contributed by atoms with Gasteiger partial charge in [0.05, 0.1) is 22.6 Å². The molecule has 2 amide bonds. The van der Waals surface area contributed by atoms with E-state index in [4.69, 9.17) is 16.3 Å². The predicted molar refractivity (Wildman–Crippen MR) is 189 cm³/mol. The van der Waals surface area contributed by atoms with Crippen LogP contribution in [0, 0.1) is 17.0 Å². The van der Waals surface area contributed by atoms with E-state index in [0.29, 0.717) is 22.8 Å². The smallest absolute Gasteiger partial charge is 0.273 e. The number of nitrogens with one attached hydrogen (secondary N) is 1. The van der Waals surface area contributed by atoms with E-state index in [1.54, 1.807) is 36.4 Å². The van der Waals surface area contributed by atoms with Gasteiger partial charge in [0.1, 0.15) is 18.3 Å². The zero-order chi connectivity index (χ0) is 35.7. The molecular weight excluding hydrogens is 668 g/mol. The van der Waals surface area contributed by atoms with Crippen molar-refractivity contribution in [3.63, 3.8) is 0 Å². The summed E-state index contributed by atoms with van der Waals surface area (Å²) in [5.41, 5.74) is 1.43. The number of anilines is 1. The standard InChI is InChI=1S/C36H39ClN4O7S/c1-5-26(3)38-36(43)34(21-27-10-7-6-8-11-27)39(23-28-12-9-13-29(37)20-28)35(42)24-40(30-15-17-31(48-4)18-16-30)49(46,47)32-19-14-25(2)33(22-32)41(44)45/h6-20,22,26,34H,5,21,23-24H2,1-4H3,(H,38,43)/t26-,34-/m1/s1. The molecule has 4 aromatic rings. The molecule has 0 radical (unpaired) electrons. The van der Waals surface area contributed by atoms with Gasteiger partial charge in [-0.25, -0.2) is 8.42 Å². The Morgan fingerprint density at radius 3 is 2.24 bits per heavy atom. The number of hydrogen-bond acceptors (Lipinski definition) is 7. The zero-order valence-corrected chi connectivity index (χ0v) is 29.3. The van der Waals surface area contributed by atoms with Crippen molar-refractivity contribution in [2.24, 2.45) is 0 Å². The van der Waals surface area contributed by atoms with Crippen LogP contribution in [0.5, 0.6) is 5.75 Å². The average Bonchev–Trinajstić information content (AvgIpc) is 3.09. The largest absolute Gasteiger partial charge is 0.497 e. The maximum absolute atomic E-state index is 14.6. The number of nitrogens with zero attached hydrogens (tertiary/aromatic N) is 3. The Morgan fingerprint density at radius 1 is 0.959 bits per heavy atom. The molecule has 1 N–H and O–H groups in total. The van der Waals surface area contributed by atoms with Gasteiger partial charge in [0.25, 0.3) is 15.7 Å². The number of carbonyl (C=O) groups excluding carboxylic acids is 2. The Labute approximate surface area is 291 Å². The Morgan fingerprint density at radius 2 is 1.63 bits per heavy atom. The second-order valence-corrected chi connectivity index (χ2v) is 13.9. The summed E-state index contributed by atoms with van der Waals surface area (Å²) in [5, 5.41) is 15.2. The number of rotatable bonds is 15. The van der Waals surface area contributed by atoms with Gasteiger partial charge >= 0.3 is 0 Å². The number of nitro benzene ring substituents is 1. The van der Waals surface area contributed by atoms with E-state index in [1.807, 2.05) is 44.2 Å². The number of halogens is 1. The van der Waals surface area contributed by atoms with Crippen LogP contribution in [0.3, 0.4) is 0 Å². The number of carbonyl (C=O) groups is 2. The van der Waals surface area contributed by atoms with Gasteiger partial charge in [-0.1, -0.05) is 67.1 Å². The number of methoxy groups -OCH3 is 1. The summed E-state index contributed by atoms with van der Waals surface area (Å²) in [7, 11) is -3.10. The number of nitro groups is 1. The molecule has 49 heavy (non-hydrogen) atoms. The van der Waals surface area contributed by atoms with Gasteiger partial charge in [-0.15, -0.1) is 0 Å². The second kappa shape index (κ2) is 16.4. The molecule has 11 nitrogen and oxygen atoms in total. The summed E-state index contributed by atoms with van der Waals surface area (Å²) >= 11 is 6.30. The van der Waals surface area contributed by atoms with E-state index in [0.717, 1.165) is 15.9 Å². The van der Waals surface area contributed by atoms with Gasteiger partial charge in [-0.3, -0.25) is 24.0 Å². The van der Waals surface area contributed by atoms with Gasteiger partial charge in [-0.2, -0.15) is 0 Å². The number of benzene rings is 4. The number of amides is 2. The van der Waals surface area contributed by atoms with E-state index < -0.39 is 39.3 Å². The maximum atomic E-state index is 14.6. The van der Waals surface area contributed by atoms with Gasteiger partial charge < -0.3 is 15.0 Å². The SMILES string of the molecule is CC[C@@H](C)NC(=O)[C@@H](Cc1ccccc1)N(Cc1cccc(Cl)c1)C(=O)CN(c1ccc(OC)cc1)S(=O)(=O)c1ccc(C)c([N+](=O)[O-])c1. The van der Waals surface area contributed by atoms with Crippen molar-refractivity contribution in [2.45, 2.75) is 57.1 Å². The first kappa shape index (κ1) is 36.9. The fraction of sp³-hybridized carbons (Fsp3) is 0.278. The van der Waals surface area contributed by atoms with Crippen LogP contribution < -0.4 is 14.4 Å². The number of sulfonamides is 1. The van der Waals surface area contributed by atoms with Crippen molar-refractivity contribution >= 4 is 44.8 Å². The summed E-state index contributed by atoms with van der Waals surface area (Å²) < 4.78 is 34.8. The Bertz CT molecular complexity index is 1890. The van der Waals surface area contributed by atoms with Gasteiger partial charge in [0.15, 0.2) is 0 Å². The monoisotopic (exact) mass is 706 g/mol. The highest BCUT2D eigenvalue weighted by molar-refractivity contribution is 7.92. The van der Waals surface area contributed by atoms with E-state index >= 15 is 0 Å². The van der Waals surface area contributed by atoms with Crippen molar-refractivity contribution < 1.29 is 27.7 Å². The first-order chi connectivity index (χ1) is 23.3. The first-order valence-electron chi connectivity index (χ1n) is 15.6. The van der Waals surface area contributed by atoms with Crippen molar-refractivity contribution in [2.75, 3.05) is 18.0 Å². The van der Waals surface area contributed by atoms with Crippen LogP contribution in [0.4, 0.5) is 11.4 Å². The summed E-state index contributed by atoms with van der Waals surface area (Å²) in [4.78, 5) is 40.6. The molecule has 0 aliphatic heterocycles. The highest BCUT2D eigenvalue weighted by Crippen LogP contribution is 2.30. The van der Waals surface area contributed by atoms with E-state index in [-0.39, 0.29) is 40.8 Å². The minimum Gasteiger partial charge on any atom is -0.497 e. The van der Waals surface area contributed by atoms with Gasteiger partial charge in [-0.05, 0) is 73.9 Å². The number of ether oxygens (including phenoxy) is 1. The quantitative estimate of drug-likeness (QED) is 0.113. The third-order valence-electron chi connectivity index (χ3n) is 8.12. The molecule has 0 spiro atoms. The number of aryl methyl sites for hydroxylation is 1. The van der Waals surface area contributed by atoms with Crippen LogP contribution in [-0.2, 0) is 32.6 Å². The van der Waals surface area contributed by atoms with Crippen LogP contribution in [0.15, 0.2) is 102 Å². The van der Waals surface area contributed by atoms with Crippen LogP contribution in [0.1, 0.15) is 37.0 Å². The second-order valence-electron chi connectivity index (χ2n) is 11.6. The molecule has 0 aliphatic rings. The predicted octanol–water partition coefficient (Wildman–Crippen LogP) is 6.32. The van der Waals surface area contributed by atoms with Crippen molar-refractivity contribution in [1.82, 2.24) is 10.2 Å². The van der Waals surface area contributed by atoms with E-state index in [2.05, 4.69) is 5.32 Å². The molecule has 0 fully saturated rings. The van der Waals surface area contributed by atoms with E-state index in [1.165, 1.54) is 43.2 Å². The summed E-state index contributed by atoms with van der Waals surface area (Å²) in [6.45, 7) is 4.51. The Balaban J connectivity index is 1.85. The topological polar surface area (TPSA) is 139 Å². The third kappa shape index (κ3) is 9.36. The van der Waals surface area contributed by atoms with Crippen molar-refractivity contribution in [3.8, 4) is 5.75 Å². The van der Waals surface area contributed by atoms with E-state index in [9.17, 15) is 28.1 Å². The third-order valence-corrected chi connectivity index (χ3v) is 10.1. The molecule has 0 bridgehead atoms. The Hall–Kier alpha value is -4.94. The molecule has 0 saturated carbocycles. The lowest BCUT2D eigenvalue weighted by atomic mass is 10.0. The highest BCUT2D eigenvalue weighted by atomic mass is 35.5. The number of hydrogen-bond donors (Lipinski definition) is 1. The fourth-order valence-corrected chi connectivity index (χ4v) is 6.83. The van der Waals surface area contributed by atoms with Crippen LogP contribution in [0.2, 0.25) is 5.02 Å². The van der Waals surface area contributed by atoms with Crippen molar-refractivity contribution in [3.05, 3.63) is 129 Å². The van der Waals surface area contributed by atoms with Crippen LogP contribution in [0.25, 0.3) is 0 Å². The molecule has 13 heteroatoms. The zero-order valence-electron chi connectivity index (χ0n) is 27.7. The first-order valence-corrected chi connectivity index (χ1v) is 17.5. The van der Waals surface area contributed by atoms with Crippen LogP contribution >= 0.6 is 11.6 Å². The Kier molecular flexibility index (Phi) is 12.4. The molecule has 0 aromatic heterocycles. The molecule has 4 aromatic carbocycles. The van der Waals surface area contributed by atoms with Crippen LogP contribution in [-0.4, -0.2) is 55.8 Å². The summed E-state index contributed by atoms with van der Waals surface area (Å²) in [6, 6.07) is 24.5. The lowest BCUT2D eigenvalue weighted by molar-refractivity contribution is -0.385.